The Kier molecular flexibility index (Phi) is 8.47. The summed E-state index contributed by atoms with van der Waals surface area (Å²) in [6.45, 7) is 5.61. The Morgan fingerprint density at radius 1 is 1.12 bits per heavy atom. The predicted octanol–water partition coefficient (Wildman–Crippen LogP) is 4.57. The molecule has 0 saturated carbocycles. The van der Waals surface area contributed by atoms with E-state index in [0.29, 0.717) is 0 Å². The normalized spacial score (nSPS) is 12.6. The van der Waals surface area contributed by atoms with Gasteiger partial charge in [-0.2, -0.15) is 0 Å². The van der Waals surface area contributed by atoms with E-state index in [-0.39, 0.29) is 0 Å². The van der Waals surface area contributed by atoms with Crippen molar-refractivity contribution in [3.63, 3.8) is 0 Å². The number of rotatable bonds is 9. The monoisotopic (exact) mass is 238 g/mol. The van der Waals surface area contributed by atoms with Gasteiger partial charge >= 0.3 is 5.97 Å². The SMILES string of the molecule is CCCCCCCC=CC=CC(C)(C)C(=O)O. The van der Waals surface area contributed by atoms with Crippen molar-refractivity contribution in [2.45, 2.75) is 59.3 Å². The molecule has 0 rings (SSSR count). The Balaban J connectivity index is 3.67. The first-order valence-corrected chi connectivity index (χ1v) is 6.58. The Labute approximate surface area is 105 Å². The van der Waals surface area contributed by atoms with Crippen LogP contribution < -0.4 is 0 Å². The van der Waals surface area contributed by atoms with Crippen molar-refractivity contribution in [3.8, 4) is 0 Å². The number of aliphatic carboxylic acids is 1. The van der Waals surface area contributed by atoms with Crippen molar-refractivity contribution in [3.05, 3.63) is 24.3 Å². The lowest BCUT2D eigenvalue weighted by molar-refractivity contribution is -0.144. The van der Waals surface area contributed by atoms with Crippen LogP contribution >= 0.6 is 0 Å². The van der Waals surface area contributed by atoms with Crippen molar-refractivity contribution < 1.29 is 9.90 Å². The van der Waals surface area contributed by atoms with E-state index in [1.165, 1.54) is 32.1 Å². The van der Waals surface area contributed by atoms with Crippen LogP contribution in [0.25, 0.3) is 0 Å². The second-order valence-corrected chi connectivity index (χ2v) is 5.02. The molecule has 0 aliphatic heterocycles. The summed E-state index contributed by atoms with van der Waals surface area (Å²) in [5, 5.41) is 8.89. The lowest BCUT2D eigenvalue weighted by Gasteiger charge is -2.12. The van der Waals surface area contributed by atoms with Gasteiger partial charge in [0.2, 0.25) is 0 Å². The summed E-state index contributed by atoms with van der Waals surface area (Å²) in [4.78, 5) is 10.8. The van der Waals surface area contributed by atoms with Crippen molar-refractivity contribution in [1.29, 1.82) is 0 Å². The molecule has 17 heavy (non-hydrogen) atoms. The molecule has 0 amide bonds. The van der Waals surface area contributed by atoms with E-state index in [1.807, 2.05) is 12.2 Å². The molecule has 0 bridgehead atoms. The summed E-state index contributed by atoms with van der Waals surface area (Å²) in [6, 6.07) is 0. The summed E-state index contributed by atoms with van der Waals surface area (Å²) in [5.41, 5.74) is -0.772. The van der Waals surface area contributed by atoms with Gasteiger partial charge in [0.1, 0.15) is 0 Å². The molecule has 0 aromatic rings. The largest absolute Gasteiger partial charge is 0.481 e. The fourth-order valence-corrected chi connectivity index (χ4v) is 1.41. The van der Waals surface area contributed by atoms with Gasteiger partial charge in [0.25, 0.3) is 0 Å². The molecule has 0 fully saturated rings. The van der Waals surface area contributed by atoms with Gasteiger partial charge in [0.15, 0.2) is 0 Å². The standard InChI is InChI=1S/C15H26O2/c1-4-5-6-7-8-9-10-11-12-13-15(2,3)14(16)17/h10-13H,4-9H2,1-3H3,(H,16,17). The first-order chi connectivity index (χ1) is 8.00. The molecule has 0 spiro atoms. The smallest absolute Gasteiger partial charge is 0.312 e. The Hall–Kier alpha value is -1.05. The van der Waals surface area contributed by atoms with Crippen molar-refractivity contribution in [2.75, 3.05) is 0 Å². The number of carboxylic acid groups (broad SMARTS) is 1. The average molecular weight is 238 g/mol. The lowest BCUT2D eigenvalue weighted by atomic mass is 9.93. The zero-order valence-corrected chi connectivity index (χ0v) is 11.4. The zero-order chi connectivity index (χ0) is 13.1. The minimum atomic E-state index is -0.790. The number of carboxylic acids is 1. The van der Waals surface area contributed by atoms with Gasteiger partial charge in [-0.05, 0) is 26.7 Å². The van der Waals surface area contributed by atoms with E-state index >= 15 is 0 Å². The second kappa shape index (κ2) is 9.03. The van der Waals surface area contributed by atoms with Crippen molar-refractivity contribution in [1.82, 2.24) is 0 Å². The van der Waals surface area contributed by atoms with Crippen LogP contribution in [0.3, 0.4) is 0 Å². The van der Waals surface area contributed by atoms with Gasteiger partial charge in [0.05, 0.1) is 5.41 Å². The van der Waals surface area contributed by atoms with Gasteiger partial charge in [0, 0.05) is 0 Å². The Morgan fingerprint density at radius 2 is 1.76 bits per heavy atom. The van der Waals surface area contributed by atoms with Crippen molar-refractivity contribution in [2.24, 2.45) is 5.41 Å². The van der Waals surface area contributed by atoms with Gasteiger partial charge in [-0.3, -0.25) is 4.79 Å². The third kappa shape index (κ3) is 8.73. The molecule has 2 nitrogen and oxygen atoms in total. The molecule has 98 valence electrons. The number of hydrogen-bond acceptors (Lipinski definition) is 1. The van der Waals surface area contributed by atoms with Gasteiger partial charge in [-0.15, -0.1) is 0 Å². The molecule has 0 heterocycles. The topological polar surface area (TPSA) is 37.3 Å². The summed E-state index contributed by atoms with van der Waals surface area (Å²) >= 11 is 0. The van der Waals surface area contributed by atoms with Crippen LogP contribution in [-0.4, -0.2) is 11.1 Å². The second-order valence-electron chi connectivity index (χ2n) is 5.02. The molecular formula is C15H26O2. The van der Waals surface area contributed by atoms with Crippen LogP contribution in [-0.2, 0) is 4.79 Å². The summed E-state index contributed by atoms with van der Waals surface area (Å²) < 4.78 is 0. The molecule has 0 radical (unpaired) electrons. The van der Waals surface area contributed by atoms with Crippen LogP contribution in [0.15, 0.2) is 24.3 Å². The summed E-state index contributed by atoms with van der Waals surface area (Å²) in [5.74, 6) is -0.790. The van der Waals surface area contributed by atoms with E-state index in [4.69, 9.17) is 5.11 Å². The molecule has 2 heteroatoms. The maximum Gasteiger partial charge on any atom is 0.312 e. The Morgan fingerprint density at radius 3 is 2.35 bits per heavy atom. The van der Waals surface area contributed by atoms with E-state index in [9.17, 15) is 4.79 Å². The van der Waals surface area contributed by atoms with E-state index < -0.39 is 11.4 Å². The van der Waals surface area contributed by atoms with Crippen LogP contribution in [0.1, 0.15) is 59.3 Å². The van der Waals surface area contributed by atoms with Crippen LogP contribution in [0.2, 0.25) is 0 Å². The number of hydrogen-bond donors (Lipinski definition) is 1. The van der Waals surface area contributed by atoms with E-state index in [1.54, 1.807) is 19.9 Å². The van der Waals surface area contributed by atoms with E-state index in [2.05, 4.69) is 13.0 Å². The highest BCUT2D eigenvalue weighted by Crippen LogP contribution is 2.16. The summed E-state index contributed by atoms with van der Waals surface area (Å²) in [7, 11) is 0. The Bertz CT molecular complexity index is 262. The fourth-order valence-electron chi connectivity index (χ4n) is 1.41. The molecule has 1 N–H and O–H groups in total. The lowest BCUT2D eigenvalue weighted by Crippen LogP contribution is -2.20. The quantitative estimate of drug-likeness (QED) is 0.472. The molecule has 0 aromatic carbocycles. The van der Waals surface area contributed by atoms with Gasteiger partial charge in [-0.25, -0.2) is 0 Å². The zero-order valence-electron chi connectivity index (χ0n) is 11.4. The molecule has 0 aliphatic rings. The van der Waals surface area contributed by atoms with Crippen LogP contribution in [0.5, 0.6) is 0 Å². The van der Waals surface area contributed by atoms with Gasteiger partial charge < -0.3 is 5.11 Å². The third-order valence-electron chi connectivity index (χ3n) is 2.79. The maximum atomic E-state index is 10.8. The predicted molar refractivity (Wildman–Crippen MR) is 73.1 cm³/mol. The fraction of sp³-hybridized carbons (Fsp3) is 0.667. The van der Waals surface area contributed by atoms with Gasteiger partial charge in [-0.1, -0.05) is 56.9 Å². The highest BCUT2D eigenvalue weighted by Gasteiger charge is 2.22. The first kappa shape index (κ1) is 16.0. The highest BCUT2D eigenvalue weighted by molar-refractivity contribution is 5.75. The van der Waals surface area contributed by atoms with E-state index in [0.717, 1.165) is 6.42 Å². The molecule has 0 atom stereocenters. The molecular weight excluding hydrogens is 212 g/mol. The molecule has 0 saturated heterocycles. The minimum absolute atomic E-state index is 0.772. The average Bonchev–Trinajstić information content (AvgIpc) is 2.26. The summed E-state index contributed by atoms with van der Waals surface area (Å²) in [6.07, 6.45) is 15.2. The number of allylic oxidation sites excluding steroid dienone is 3. The minimum Gasteiger partial charge on any atom is -0.481 e. The van der Waals surface area contributed by atoms with Crippen molar-refractivity contribution >= 4 is 5.97 Å². The first-order valence-electron chi connectivity index (χ1n) is 6.58. The third-order valence-corrected chi connectivity index (χ3v) is 2.79. The highest BCUT2D eigenvalue weighted by atomic mass is 16.4. The molecule has 0 unspecified atom stereocenters. The molecule has 0 aliphatic carbocycles. The van der Waals surface area contributed by atoms with Crippen LogP contribution in [0.4, 0.5) is 0 Å². The number of unbranched alkanes of at least 4 members (excludes halogenated alkanes) is 5. The van der Waals surface area contributed by atoms with Crippen LogP contribution in [0, 0.1) is 5.41 Å². The molecule has 0 aromatic heterocycles. The number of carbonyl (C=O) groups is 1. The maximum absolute atomic E-state index is 10.8.